The Bertz CT molecular complexity index is 1030. The number of hydrogen-bond acceptors (Lipinski definition) is 6. The van der Waals surface area contributed by atoms with Crippen LogP contribution in [0.2, 0.25) is 5.02 Å². The minimum absolute atomic E-state index is 0.143. The minimum atomic E-state index is -0.354. The van der Waals surface area contributed by atoms with Crippen molar-refractivity contribution in [3.05, 3.63) is 52.4 Å². The third-order valence-corrected chi connectivity index (χ3v) is 4.69. The summed E-state index contributed by atoms with van der Waals surface area (Å²) >= 11 is 6.03. The normalized spacial score (nSPS) is 12.0. The van der Waals surface area contributed by atoms with Crippen LogP contribution in [0.3, 0.4) is 0 Å². The Morgan fingerprint density at radius 3 is 2.86 bits per heavy atom. The van der Waals surface area contributed by atoms with Crippen molar-refractivity contribution in [1.29, 1.82) is 5.41 Å². The second kappa shape index (κ2) is 8.37. The fourth-order valence-electron chi connectivity index (χ4n) is 2.80. The number of hydrogen-bond donors (Lipinski definition) is 5. The van der Waals surface area contributed by atoms with Gasteiger partial charge in [-0.25, -0.2) is 9.97 Å². The van der Waals surface area contributed by atoms with Crippen LogP contribution in [0.5, 0.6) is 0 Å². The molecule has 0 aliphatic heterocycles. The first kappa shape index (κ1) is 19.8. The number of aliphatic hydroxyl groups is 1. The van der Waals surface area contributed by atoms with Gasteiger partial charge in [0.05, 0.1) is 30.1 Å². The van der Waals surface area contributed by atoms with E-state index in [-0.39, 0.29) is 24.3 Å². The number of aliphatic hydroxyl groups excluding tert-OH is 1. The Kier molecular flexibility index (Phi) is 5.91. The lowest BCUT2D eigenvalue weighted by Gasteiger charge is -2.13. The number of rotatable bonds is 7. The zero-order chi connectivity index (χ0) is 20.3. The molecule has 0 aliphatic rings. The van der Waals surface area contributed by atoms with Crippen LogP contribution < -0.4 is 10.6 Å². The number of aromatic amines is 1. The maximum Gasteiger partial charge on any atom is 0.255 e. The fraction of sp³-hybridized carbons (Fsp3) is 0.263. The van der Waals surface area contributed by atoms with E-state index >= 15 is 0 Å². The molecule has 0 unspecified atom stereocenters. The van der Waals surface area contributed by atoms with Crippen LogP contribution in [0.4, 0.5) is 5.69 Å². The molecule has 3 aromatic rings. The summed E-state index contributed by atoms with van der Waals surface area (Å²) in [5, 5.41) is 24.2. The van der Waals surface area contributed by atoms with Crippen LogP contribution >= 0.6 is 11.6 Å². The number of carbonyl (C=O) groups excluding carboxylic acids is 1. The number of benzene rings is 1. The van der Waals surface area contributed by atoms with Crippen LogP contribution in [0, 0.1) is 5.41 Å². The van der Waals surface area contributed by atoms with Gasteiger partial charge in [0, 0.05) is 29.5 Å². The van der Waals surface area contributed by atoms with Crippen molar-refractivity contribution < 1.29 is 9.90 Å². The summed E-state index contributed by atoms with van der Waals surface area (Å²) < 4.78 is 0. The van der Waals surface area contributed by atoms with Gasteiger partial charge in [0.1, 0.15) is 11.2 Å². The van der Waals surface area contributed by atoms with Gasteiger partial charge in [-0.05, 0) is 24.6 Å². The zero-order valence-electron chi connectivity index (χ0n) is 15.5. The van der Waals surface area contributed by atoms with Crippen molar-refractivity contribution in [1.82, 2.24) is 20.3 Å². The highest BCUT2D eigenvalue weighted by molar-refractivity contribution is 6.31. The van der Waals surface area contributed by atoms with Gasteiger partial charge in [-0.1, -0.05) is 18.5 Å². The second-order valence-electron chi connectivity index (χ2n) is 6.23. The Balaban J connectivity index is 1.98. The van der Waals surface area contributed by atoms with E-state index in [0.717, 1.165) is 0 Å². The predicted octanol–water partition coefficient (Wildman–Crippen LogP) is 2.57. The predicted molar refractivity (Wildman–Crippen MR) is 109 cm³/mol. The lowest BCUT2D eigenvalue weighted by molar-refractivity contribution is 0.0916. The smallest absolute Gasteiger partial charge is 0.255 e. The van der Waals surface area contributed by atoms with Gasteiger partial charge in [0.25, 0.3) is 5.91 Å². The number of halogens is 1. The Morgan fingerprint density at radius 1 is 1.39 bits per heavy atom. The molecule has 0 radical (unpaired) electrons. The van der Waals surface area contributed by atoms with Crippen LogP contribution in [0.25, 0.3) is 11.2 Å². The SMILES string of the molecule is CC[C@H](CO)NC(=O)c1c[nH]c2ncc(C(=N)c3ccc(Cl)cc3NC)nc12. The van der Waals surface area contributed by atoms with E-state index in [4.69, 9.17) is 17.0 Å². The molecule has 1 atom stereocenters. The Morgan fingerprint density at radius 2 is 2.18 bits per heavy atom. The standard InChI is InChI=1S/C19H21ClN6O2/c1-3-11(9-27)25-19(28)13-7-23-18-17(13)26-15(8-24-18)16(21)12-5-4-10(20)6-14(12)22-2/h4-8,11,21-22,27H,3,9H2,1-2H3,(H,23,24)(H,25,28)/t11-/m1/s1. The number of H-pyrrole nitrogens is 1. The van der Waals surface area contributed by atoms with E-state index in [2.05, 4.69) is 25.6 Å². The molecule has 0 bridgehead atoms. The van der Waals surface area contributed by atoms with Gasteiger partial charge >= 0.3 is 0 Å². The average molecular weight is 401 g/mol. The summed E-state index contributed by atoms with van der Waals surface area (Å²) in [6, 6.07) is 4.83. The average Bonchev–Trinajstić information content (AvgIpc) is 3.14. The number of amides is 1. The van der Waals surface area contributed by atoms with Gasteiger partial charge in [-0.15, -0.1) is 0 Å². The molecule has 1 aromatic carbocycles. The first-order valence-corrected chi connectivity index (χ1v) is 9.18. The summed E-state index contributed by atoms with van der Waals surface area (Å²) in [5.74, 6) is -0.354. The van der Waals surface area contributed by atoms with Gasteiger partial charge in [-0.2, -0.15) is 0 Å². The molecule has 2 aromatic heterocycles. The van der Waals surface area contributed by atoms with Gasteiger partial charge in [0.15, 0.2) is 5.65 Å². The quantitative estimate of drug-likeness (QED) is 0.389. The Labute approximate surface area is 166 Å². The molecule has 9 heteroatoms. The summed E-state index contributed by atoms with van der Waals surface area (Å²) in [5.41, 5.74) is 2.93. The van der Waals surface area contributed by atoms with Crippen LogP contribution in [-0.4, -0.2) is 51.4 Å². The molecule has 5 N–H and O–H groups in total. The molecule has 0 fully saturated rings. The molecule has 2 heterocycles. The van der Waals surface area contributed by atoms with Gasteiger partial charge in [-0.3, -0.25) is 10.2 Å². The van der Waals surface area contributed by atoms with Crippen molar-refractivity contribution >= 4 is 40.1 Å². The summed E-state index contributed by atoms with van der Waals surface area (Å²) in [4.78, 5) is 24.2. The zero-order valence-corrected chi connectivity index (χ0v) is 16.3. The van der Waals surface area contributed by atoms with E-state index in [9.17, 15) is 9.90 Å². The molecular formula is C19H21ClN6O2. The van der Waals surface area contributed by atoms with Gasteiger partial charge < -0.3 is 20.7 Å². The summed E-state index contributed by atoms with van der Waals surface area (Å²) in [6.07, 6.45) is 3.62. The minimum Gasteiger partial charge on any atom is -0.394 e. The van der Waals surface area contributed by atoms with Crippen LogP contribution in [-0.2, 0) is 0 Å². The van der Waals surface area contributed by atoms with Crippen LogP contribution in [0.1, 0.15) is 35.0 Å². The number of carbonyl (C=O) groups is 1. The van der Waals surface area contributed by atoms with Crippen molar-refractivity contribution in [2.75, 3.05) is 19.0 Å². The topological polar surface area (TPSA) is 127 Å². The molecule has 0 aliphatic carbocycles. The summed E-state index contributed by atoms with van der Waals surface area (Å²) in [7, 11) is 1.75. The molecule has 8 nitrogen and oxygen atoms in total. The molecule has 1 amide bonds. The number of anilines is 1. The number of fused-ring (bicyclic) bond motifs is 1. The number of aromatic nitrogens is 3. The maximum absolute atomic E-state index is 12.5. The monoisotopic (exact) mass is 400 g/mol. The van der Waals surface area contributed by atoms with E-state index < -0.39 is 0 Å². The second-order valence-corrected chi connectivity index (χ2v) is 6.67. The molecule has 146 valence electrons. The molecule has 0 saturated carbocycles. The number of nitrogens with zero attached hydrogens (tertiary/aromatic N) is 2. The molecule has 0 saturated heterocycles. The number of nitrogens with one attached hydrogen (secondary N) is 4. The Hall–Kier alpha value is -2.97. The molecule has 3 rings (SSSR count). The molecule has 28 heavy (non-hydrogen) atoms. The maximum atomic E-state index is 12.5. The molecular weight excluding hydrogens is 380 g/mol. The lowest BCUT2D eigenvalue weighted by atomic mass is 10.1. The van der Waals surface area contributed by atoms with Crippen molar-refractivity contribution in [3.8, 4) is 0 Å². The summed E-state index contributed by atoms with van der Waals surface area (Å²) in [6.45, 7) is 1.73. The van der Waals surface area contributed by atoms with E-state index in [0.29, 0.717) is 45.1 Å². The largest absolute Gasteiger partial charge is 0.394 e. The molecule has 0 spiro atoms. The van der Waals surface area contributed by atoms with Crippen molar-refractivity contribution in [2.24, 2.45) is 0 Å². The fourth-order valence-corrected chi connectivity index (χ4v) is 2.98. The van der Waals surface area contributed by atoms with E-state index in [1.807, 2.05) is 6.92 Å². The van der Waals surface area contributed by atoms with E-state index in [1.165, 1.54) is 12.4 Å². The third kappa shape index (κ3) is 3.83. The van der Waals surface area contributed by atoms with Gasteiger partial charge in [0.2, 0.25) is 0 Å². The van der Waals surface area contributed by atoms with Crippen LogP contribution in [0.15, 0.2) is 30.6 Å². The van der Waals surface area contributed by atoms with Crippen molar-refractivity contribution in [3.63, 3.8) is 0 Å². The highest BCUT2D eigenvalue weighted by atomic mass is 35.5. The highest BCUT2D eigenvalue weighted by Crippen LogP contribution is 2.23. The highest BCUT2D eigenvalue weighted by Gasteiger charge is 2.19. The lowest BCUT2D eigenvalue weighted by Crippen LogP contribution is -2.36. The first-order valence-electron chi connectivity index (χ1n) is 8.80. The van der Waals surface area contributed by atoms with E-state index in [1.54, 1.807) is 25.2 Å². The van der Waals surface area contributed by atoms with Crippen molar-refractivity contribution in [2.45, 2.75) is 19.4 Å². The first-order chi connectivity index (χ1) is 13.5. The third-order valence-electron chi connectivity index (χ3n) is 4.45.